The molecule has 4 rings (SSSR count). The lowest BCUT2D eigenvalue weighted by molar-refractivity contribution is -0.139. The number of hydrogen-bond acceptors (Lipinski definition) is 4. The second kappa shape index (κ2) is 15.6. The van der Waals surface area contributed by atoms with E-state index in [4.69, 9.17) is 0 Å². The van der Waals surface area contributed by atoms with Gasteiger partial charge in [-0.3, -0.25) is 4.79 Å². The molecule has 6 heteroatoms. The van der Waals surface area contributed by atoms with Crippen LogP contribution in [-0.4, -0.2) is 41.1 Å². The maximum Gasteiger partial charge on any atom is 0.326 e. The van der Waals surface area contributed by atoms with E-state index in [0.29, 0.717) is 23.8 Å². The Kier molecular flexibility index (Phi) is 12.0. The van der Waals surface area contributed by atoms with Gasteiger partial charge >= 0.3 is 5.97 Å². The topological polar surface area (TPSA) is 78.4 Å². The lowest BCUT2D eigenvalue weighted by Crippen LogP contribution is -2.41. The van der Waals surface area contributed by atoms with Gasteiger partial charge in [0.2, 0.25) is 0 Å². The average molecular weight is 565 g/mol. The number of carbonyl (C=O) groups is 2. The molecule has 2 aromatic carbocycles. The lowest BCUT2D eigenvalue weighted by Gasteiger charge is -2.35. The Morgan fingerprint density at radius 2 is 1.65 bits per heavy atom. The minimum atomic E-state index is -0.993. The van der Waals surface area contributed by atoms with Gasteiger partial charge < -0.3 is 15.7 Å². The van der Waals surface area contributed by atoms with Gasteiger partial charge in [0, 0.05) is 18.2 Å². The van der Waals surface area contributed by atoms with Crippen LogP contribution in [-0.2, 0) is 11.3 Å². The van der Waals surface area contributed by atoms with Crippen molar-refractivity contribution in [2.24, 2.45) is 11.8 Å². The third-order valence-corrected chi connectivity index (χ3v) is 9.72. The molecule has 0 bridgehead atoms. The van der Waals surface area contributed by atoms with Crippen molar-refractivity contribution in [1.82, 2.24) is 10.6 Å². The van der Waals surface area contributed by atoms with Gasteiger partial charge in [0.1, 0.15) is 6.04 Å². The Morgan fingerprint density at radius 3 is 2.33 bits per heavy atom. The molecule has 1 amide bonds. The molecule has 0 spiro atoms. The highest BCUT2D eigenvalue weighted by atomic mass is 32.2. The third kappa shape index (κ3) is 8.59. The van der Waals surface area contributed by atoms with Gasteiger partial charge in [-0.15, -0.1) is 0 Å². The lowest BCUT2D eigenvalue weighted by atomic mass is 9.77. The van der Waals surface area contributed by atoms with Crippen LogP contribution in [0.3, 0.4) is 0 Å². The summed E-state index contributed by atoms with van der Waals surface area (Å²) in [6.07, 6.45) is 17.3. The first-order chi connectivity index (χ1) is 19.5. The normalized spacial score (nSPS) is 18.2. The summed E-state index contributed by atoms with van der Waals surface area (Å²) in [6.45, 7) is 2.84. The number of benzene rings is 2. The molecule has 2 aromatic rings. The minimum absolute atomic E-state index is 0.330. The minimum Gasteiger partial charge on any atom is -0.480 e. The summed E-state index contributed by atoms with van der Waals surface area (Å²) in [4.78, 5) is 25.3. The predicted octanol–water partition coefficient (Wildman–Crippen LogP) is 7.61. The quantitative estimate of drug-likeness (QED) is 0.233. The molecule has 0 aromatic heterocycles. The number of thioether (sulfide) groups is 1. The van der Waals surface area contributed by atoms with Gasteiger partial charge in [-0.05, 0) is 90.8 Å². The number of amides is 1. The first-order valence-electron chi connectivity index (χ1n) is 15.4. The summed E-state index contributed by atoms with van der Waals surface area (Å²) >= 11 is 1.58. The van der Waals surface area contributed by atoms with Gasteiger partial charge in [-0.25, -0.2) is 4.79 Å². The summed E-state index contributed by atoms with van der Waals surface area (Å²) in [5.74, 6) is 0.951. The van der Waals surface area contributed by atoms with E-state index in [1.54, 1.807) is 11.8 Å². The van der Waals surface area contributed by atoms with Gasteiger partial charge in [0.25, 0.3) is 5.91 Å². The number of hydrogen-bond donors (Lipinski definition) is 3. The van der Waals surface area contributed by atoms with Crippen LogP contribution in [0.5, 0.6) is 0 Å². The summed E-state index contributed by atoms with van der Waals surface area (Å²) in [5, 5.41) is 16.5. The molecule has 0 radical (unpaired) electrons. The molecule has 218 valence electrons. The zero-order valence-corrected chi connectivity index (χ0v) is 25.2. The fourth-order valence-corrected chi connectivity index (χ4v) is 7.21. The first-order valence-corrected chi connectivity index (χ1v) is 16.8. The summed E-state index contributed by atoms with van der Waals surface area (Å²) in [6, 6.07) is 13.8. The largest absolute Gasteiger partial charge is 0.480 e. The molecular weight excluding hydrogens is 516 g/mol. The van der Waals surface area contributed by atoms with Gasteiger partial charge in [-0.1, -0.05) is 81.7 Å². The van der Waals surface area contributed by atoms with Crippen LogP contribution < -0.4 is 10.6 Å². The summed E-state index contributed by atoms with van der Waals surface area (Å²) < 4.78 is 0. The van der Waals surface area contributed by atoms with Crippen LogP contribution in [0.2, 0.25) is 0 Å². The van der Waals surface area contributed by atoms with Crippen molar-refractivity contribution in [2.45, 2.75) is 103 Å². The SMILES string of the molecule is CSCC[C@H](NC(=O)c1ccc(CNC(CC2CCCCC2)C2CCCCC2)cc1-c1ccccc1C)C(=O)O. The van der Waals surface area contributed by atoms with E-state index in [1.807, 2.05) is 30.5 Å². The number of aryl methyl sites for hydroxylation is 1. The van der Waals surface area contributed by atoms with Crippen LogP contribution in [0.1, 0.15) is 98.5 Å². The van der Waals surface area contributed by atoms with Crippen LogP contribution in [0.15, 0.2) is 42.5 Å². The summed E-state index contributed by atoms with van der Waals surface area (Å²) in [7, 11) is 0. The Labute approximate surface area is 245 Å². The van der Waals surface area contributed by atoms with E-state index in [2.05, 4.69) is 35.8 Å². The summed E-state index contributed by atoms with van der Waals surface area (Å²) in [5.41, 5.74) is 4.66. The Morgan fingerprint density at radius 1 is 0.950 bits per heavy atom. The van der Waals surface area contributed by atoms with Gasteiger partial charge in [0.05, 0.1) is 0 Å². The zero-order valence-electron chi connectivity index (χ0n) is 24.4. The third-order valence-electron chi connectivity index (χ3n) is 9.08. The van der Waals surface area contributed by atoms with E-state index >= 15 is 0 Å². The smallest absolute Gasteiger partial charge is 0.326 e. The fourth-order valence-electron chi connectivity index (χ4n) is 6.74. The monoisotopic (exact) mass is 564 g/mol. The molecular formula is C34H48N2O3S. The fraction of sp³-hybridized carbons (Fsp3) is 0.588. The second-order valence-electron chi connectivity index (χ2n) is 12.0. The Bertz CT molecular complexity index is 1110. The van der Waals surface area contributed by atoms with Crippen LogP contribution >= 0.6 is 11.8 Å². The molecule has 0 saturated heterocycles. The van der Waals surface area contributed by atoms with Crippen molar-refractivity contribution in [2.75, 3.05) is 12.0 Å². The molecule has 2 aliphatic rings. The highest BCUT2D eigenvalue weighted by Crippen LogP contribution is 2.34. The highest BCUT2D eigenvalue weighted by Gasteiger charge is 2.27. The van der Waals surface area contributed by atoms with E-state index < -0.39 is 12.0 Å². The van der Waals surface area contributed by atoms with Gasteiger partial charge in [0.15, 0.2) is 0 Å². The van der Waals surface area contributed by atoms with Crippen LogP contribution in [0.4, 0.5) is 0 Å². The van der Waals surface area contributed by atoms with Crippen molar-refractivity contribution in [1.29, 1.82) is 0 Å². The maximum atomic E-state index is 13.4. The van der Waals surface area contributed by atoms with E-state index in [9.17, 15) is 14.7 Å². The van der Waals surface area contributed by atoms with Crippen molar-refractivity contribution in [3.8, 4) is 11.1 Å². The van der Waals surface area contributed by atoms with Crippen molar-refractivity contribution in [3.05, 3.63) is 59.2 Å². The van der Waals surface area contributed by atoms with Crippen molar-refractivity contribution < 1.29 is 14.7 Å². The molecule has 0 aliphatic heterocycles. The molecule has 2 saturated carbocycles. The molecule has 2 atom stereocenters. The number of nitrogens with one attached hydrogen (secondary N) is 2. The molecule has 1 unspecified atom stereocenters. The number of carbonyl (C=O) groups excluding carboxylic acids is 1. The van der Waals surface area contributed by atoms with Gasteiger partial charge in [-0.2, -0.15) is 11.8 Å². The molecule has 2 fully saturated rings. The number of rotatable bonds is 13. The molecule has 3 N–H and O–H groups in total. The molecule has 40 heavy (non-hydrogen) atoms. The maximum absolute atomic E-state index is 13.4. The molecule has 5 nitrogen and oxygen atoms in total. The first kappa shape index (κ1) is 30.6. The second-order valence-corrected chi connectivity index (χ2v) is 13.0. The standard InChI is InChI=1S/C34H48N2O3S/c1-24-11-9-10-16-28(24)30-21-26(17-18-29(30)33(37)36-31(34(38)39)19-20-40-2)23-35-32(27-14-7-4-8-15-27)22-25-12-5-3-6-13-25/h9-11,16-18,21,25,27,31-32,35H,3-8,12-15,19-20,22-23H2,1-2H3,(H,36,37)(H,38,39)/t31-,32?/m0/s1. The molecule has 2 aliphatic carbocycles. The number of carboxylic acid groups (broad SMARTS) is 1. The number of aliphatic carboxylic acids is 1. The number of carboxylic acids is 1. The average Bonchev–Trinajstić information content (AvgIpc) is 2.98. The van der Waals surface area contributed by atoms with Crippen LogP contribution in [0.25, 0.3) is 11.1 Å². The van der Waals surface area contributed by atoms with Crippen LogP contribution in [0, 0.1) is 18.8 Å². The van der Waals surface area contributed by atoms with E-state index in [1.165, 1.54) is 70.6 Å². The Hall–Kier alpha value is -2.31. The van der Waals surface area contributed by atoms with Crippen molar-refractivity contribution in [3.63, 3.8) is 0 Å². The van der Waals surface area contributed by atoms with E-state index in [-0.39, 0.29) is 5.91 Å². The van der Waals surface area contributed by atoms with E-state index in [0.717, 1.165) is 40.6 Å². The highest BCUT2D eigenvalue weighted by molar-refractivity contribution is 7.98. The predicted molar refractivity (Wildman–Crippen MR) is 167 cm³/mol. The molecule has 0 heterocycles. The zero-order chi connectivity index (χ0) is 28.3. The van der Waals surface area contributed by atoms with Crippen molar-refractivity contribution >= 4 is 23.6 Å². The Balaban J connectivity index is 1.56.